The molecule has 2 aromatic carbocycles. The summed E-state index contributed by atoms with van der Waals surface area (Å²) in [6, 6.07) is 14.4. The Morgan fingerprint density at radius 1 is 1.25 bits per heavy atom. The number of carbonyl (C=O) groups excluding carboxylic acids is 1. The Morgan fingerprint density at radius 3 is 2.71 bits per heavy atom. The van der Waals surface area contributed by atoms with Crippen molar-refractivity contribution in [3.8, 4) is 11.4 Å². The lowest BCUT2D eigenvalue weighted by molar-refractivity contribution is -0.128. The molecule has 0 saturated carbocycles. The van der Waals surface area contributed by atoms with Crippen molar-refractivity contribution in [3.05, 3.63) is 66.2 Å². The molecule has 0 aliphatic carbocycles. The minimum atomic E-state index is -0.436. The zero-order valence-corrected chi connectivity index (χ0v) is 16.5. The number of amides is 1. The Balaban J connectivity index is 1.64. The molecule has 1 heterocycles. The molecule has 0 bridgehead atoms. The number of ether oxygens (including phenoxy) is 1. The van der Waals surface area contributed by atoms with E-state index in [0.717, 1.165) is 5.69 Å². The average molecular weight is 400 g/mol. The Morgan fingerprint density at radius 2 is 2.04 bits per heavy atom. The largest absolute Gasteiger partial charge is 0.494 e. The molecule has 1 amide bonds. The SMILES string of the molecule is CCN(Cc1ccc(OC)c(F)c1)C(=O)CSc1nncn1-c1ccccc1. The summed E-state index contributed by atoms with van der Waals surface area (Å²) in [5.74, 6) is -0.0769. The fourth-order valence-electron chi connectivity index (χ4n) is 2.71. The van der Waals surface area contributed by atoms with E-state index in [2.05, 4.69) is 10.2 Å². The molecule has 0 radical (unpaired) electrons. The van der Waals surface area contributed by atoms with Crippen molar-refractivity contribution in [2.75, 3.05) is 19.4 Å². The lowest BCUT2D eigenvalue weighted by Gasteiger charge is -2.21. The monoisotopic (exact) mass is 400 g/mol. The molecule has 8 heteroatoms. The van der Waals surface area contributed by atoms with E-state index < -0.39 is 5.82 Å². The number of halogens is 1. The van der Waals surface area contributed by atoms with E-state index in [4.69, 9.17) is 4.74 Å². The van der Waals surface area contributed by atoms with Crippen molar-refractivity contribution < 1.29 is 13.9 Å². The summed E-state index contributed by atoms with van der Waals surface area (Å²) in [4.78, 5) is 14.3. The van der Waals surface area contributed by atoms with Gasteiger partial charge in [-0.1, -0.05) is 36.0 Å². The normalized spacial score (nSPS) is 10.7. The maximum absolute atomic E-state index is 13.9. The van der Waals surface area contributed by atoms with Crippen molar-refractivity contribution in [2.24, 2.45) is 0 Å². The highest BCUT2D eigenvalue weighted by molar-refractivity contribution is 7.99. The molecule has 0 unspecified atom stereocenters. The number of para-hydroxylation sites is 1. The number of benzene rings is 2. The molecule has 3 rings (SSSR count). The molecule has 6 nitrogen and oxygen atoms in total. The Kier molecular flexibility index (Phi) is 6.65. The van der Waals surface area contributed by atoms with E-state index in [1.54, 1.807) is 23.4 Å². The molecule has 146 valence electrons. The summed E-state index contributed by atoms with van der Waals surface area (Å²) < 4.78 is 20.7. The molecule has 0 atom stereocenters. The van der Waals surface area contributed by atoms with Crippen molar-refractivity contribution in [2.45, 2.75) is 18.6 Å². The third-order valence-electron chi connectivity index (χ3n) is 4.20. The molecule has 0 saturated heterocycles. The van der Waals surface area contributed by atoms with Crippen LogP contribution < -0.4 is 4.74 Å². The van der Waals surface area contributed by atoms with E-state index in [-0.39, 0.29) is 17.4 Å². The molecule has 0 N–H and O–H groups in total. The number of carbonyl (C=O) groups is 1. The van der Waals surface area contributed by atoms with Crippen molar-refractivity contribution in [1.29, 1.82) is 0 Å². The maximum Gasteiger partial charge on any atom is 0.233 e. The third-order valence-corrected chi connectivity index (χ3v) is 5.13. The molecule has 0 fully saturated rings. The summed E-state index contributed by atoms with van der Waals surface area (Å²) >= 11 is 1.32. The van der Waals surface area contributed by atoms with Gasteiger partial charge in [-0.05, 0) is 36.8 Å². The maximum atomic E-state index is 13.9. The van der Waals surface area contributed by atoms with Crippen LogP contribution in [0.15, 0.2) is 60.0 Å². The van der Waals surface area contributed by atoms with Gasteiger partial charge in [-0.15, -0.1) is 10.2 Å². The summed E-state index contributed by atoms with van der Waals surface area (Å²) in [6.07, 6.45) is 1.62. The topological polar surface area (TPSA) is 60.2 Å². The van der Waals surface area contributed by atoms with Gasteiger partial charge in [0.25, 0.3) is 0 Å². The highest BCUT2D eigenvalue weighted by atomic mass is 32.2. The first kappa shape index (κ1) is 19.9. The average Bonchev–Trinajstić information content (AvgIpc) is 3.19. The number of rotatable bonds is 8. The van der Waals surface area contributed by atoms with Gasteiger partial charge >= 0.3 is 0 Å². The fraction of sp³-hybridized carbons (Fsp3) is 0.250. The van der Waals surface area contributed by atoms with E-state index in [0.29, 0.717) is 23.8 Å². The van der Waals surface area contributed by atoms with Crippen LogP contribution >= 0.6 is 11.8 Å². The summed E-state index contributed by atoms with van der Waals surface area (Å²) in [6.45, 7) is 2.76. The highest BCUT2D eigenvalue weighted by Gasteiger charge is 2.16. The van der Waals surface area contributed by atoms with Crippen molar-refractivity contribution >= 4 is 17.7 Å². The molecule has 3 aromatic rings. The van der Waals surface area contributed by atoms with Crippen LogP contribution in [0.25, 0.3) is 5.69 Å². The van der Waals surface area contributed by atoms with Crippen molar-refractivity contribution in [3.63, 3.8) is 0 Å². The Hall–Kier alpha value is -2.87. The van der Waals surface area contributed by atoms with Crippen LogP contribution in [0.1, 0.15) is 12.5 Å². The molecular weight excluding hydrogens is 379 g/mol. The zero-order chi connectivity index (χ0) is 19.9. The predicted octanol–water partition coefficient (Wildman–Crippen LogP) is 3.56. The lowest BCUT2D eigenvalue weighted by Crippen LogP contribution is -2.31. The van der Waals surface area contributed by atoms with Gasteiger partial charge in [-0.3, -0.25) is 9.36 Å². The second-order valence-electron chi connectivity index (χ2n) is 5.98. The number of hydrogen-bond acceptors (Lipinski definition) is 5. The molecule has 28 heavy (non-hydrogen) atoms. The van der Waals surface area contributed by atoms with E-state index in [1.807, 2.05) is 41.8 Å². The van der Waals surface area contributed by atoms with Gasteiger partial charge in [0.2, 0.25) is 5.91 Å². The number of thioether (sulfide) groups is 1. The highest BCUT2D eigenvalue weighted by Crippen LogP contribution is 2.21. The number of nitrogens with zero attached hydrogens (tertiary/aromatic N) is 4. The standard InChI is InChI=1S/C20H21FN4O2S/c1-3-24(12-15-9-10-18(27-2)17(21)11-15)19(26)13-28-20-23-22-14-25(20)16-7-5-4-6-8-16/h4-11,14H,3,12-13H2,1-2H3. The van der Waals surface area contributed by atoms with Crippen LogP contribution in [-0.4, -0.2) is 45.0 Å². The van der Waals surface area contributed by atoms with Gasteiger partial charge in [0.15, 0.2) is 16.7 Å². The second kappa shape index (κ2) is 9.36. The second-order valence-corrected chi connectivity index (χ2v) is 6.93. The summed E-state index contributed by atoms with van der Waals surface area (Å²) in [7, 11) is 1.42. The first-order valence-corrected chi connectivity index (χ1v) is 9.79. The van der Waals surface area contributed by atoms with E-state index in [9.17, 15) is 9.18 Å². The Labute approximate surface area is 167 Å². The van der Waals surface area contributed by atoms with Crippen LogP contribution in [0.3, 0.4) is 0 Å². The van der Waals surface area contributed by atoms with Gasteiger partial charge in [0, 0.05) is 18.8 Å². The van der Waals surface area contributed by atoms with Crippen LogP contribution in [-0.2, 0) is 11.3 Å². The third kappa shape index (κ3) is 4.69. The quantitative estimate of drug-likeness (QED) is 0.541. The minimum absolute atomic E-state index is 0.0497. The molecule has 0 spiro atoms. The predicted molar refractivity (Wildman–Crippen MR) is 106 cm³/mol. The van der Waals surface area contributed by atoms with Gasteiger partial charge < -0.3 is 9.64 Å². The number of hydrogen-bond donors (Lipinski definition) is 0. The van der Waals surface area contributed by atoms with E-state index in [1.165, 1.54) is 24.9 Å². The van der Waals surface area contributed by atoms with Gasteiger partial charge in [0.1, 0.15) is 6.33 Å². The van der Waals surface area contributed by atoms with Crippen LogP contribution in [0.5, 0.6) is 5.75 Å². The van der Waals surface area contributed by atoms with Crippen LogP contribution in [0.4, 0.5) is 4.39 Å². The number of methoxy groups -OCH3 is 1. The molecular formula is C20H21FN4O2S. The molecule has 1 aromatic heterocycles. The first-order valence-electron chi connectivity index (χ1n) is 8.80. The van der Waals surface area contributed by atoms with Crippen LogP contribution in [0.2, 0.25) is 0 Å². The van der Waals surface area contributed by atoms with E-state index >= 15 is 0 Å². The first-order chi connectivity index (χ1) is 13.6. The lowest BCUT2D eigenvalue weighted by atomic mass is 10.2. The minimum Gasteiger partial charge on any atom is -0.494 e. The van der Waals surface area contributed by atoms with Crippen LogP contribution in [0, 0.1) is 5.82 Å². The molecule has 0 aliphatic rings. The zero-order valence-electron chi connectivity index (χ0n) is 15.7. The van der Waals surface area contributed by atoms with Gasteiger partial charge in [-0.25, -0.2) is 4.39 Å². The number of aromatic nitrogens is 3. The van der Waals surface area contributed by atoms with Crippen molar-refractivity contribution in [1.82, 2.24) is 19.7 Å². The molecule has 0 aliphatic heterocycles. The van der Waals surface area contributed by atoms with Gasteiger partial charge in [0.05, 0.1) is 12.9 Å². The fourth-order valence-corrected chi connectivity index (χ4v) is 3.54. The summed E-state index contributed by atoms with van der Waals surface area (Å²) in [5.41, 5.74) is 1.65. The summed E-state index contributed by atoms with van der Waals surface area (Å²) in [5, 5.41) is 8.70. The van der Waals surface area contributed by atoms with Gasteiger partial charge in [-0.2, -0.15) is 0 Å². The smallest absolute Gasteiger partial charge is 0.233 e. The Bertz CT molecular complexity index is 933.